The van der Waals surface area contributed by atoms with Gasteiger partial charge in [0.15, 0.2) is 0 Å². The van der Waals surface area contributed by atoms with Crippen LogP contribution in [0.3, 0.4) is 0 Å². The lowest BCUT2D eigenvalue weighted by Crippen LogP contribution is -2.37. The summed E-state index contributed by atoms with van der Waals surface area (Å²) in [5, 5.41) is 13.3. The van der Waals surface area contributed by atoms with Crippen LogP contribution < -0.4 is 4.90 Å². The van der Waals surface area contributed by atoms with Gasteiger partial charge in [-0.2, -0.15) is 5.10 Å². The van der Waals surface area contributed by atoms with Crippen molar-refractivity contribution < 1.29 is 14.7 Å². The third-order valence-electron chi connectivity index (χ3n) is 3.71. The molecule has 22 heavy (non-hydrogen) atoms. The number of rotatable bonds is 4. The number of carboxylic acid groups (broad SMARTS) is 1. The second kappa shape index (κ2) is 6.01. The molecule has 0 saturated carbocycles. The van der Waals surface area contributed by atoms with E-state index in [2.05, 4.69) is 5.10 Å². The fraction of sp³-hybridized carbons (Fsp3) is 0.312. The fourth-order valence-electron chi connectivity index (χ4n) is 2.63. The summed E-state index contributed by atoms with van der Waals surface area (Å²) in [5.74, 6) is -0.368. The quantitative estimate of drug-likeness (QED) is 0.938. The zero-order chi connectivity index (χ0) is 15.5. The molecule has 1 amide bonds. The maximum atomic E-state index is 12.2. The minimum absolute atomic E-state index is 0.0151. The van der Waals surface area contributed by atoms with Gasteiger partial charge in [-0.25, -0.2) is 4.68 Å². The molecule has 1 aliphatic rings. The largest absolute Gasteiger partial charge is 0.481 e. The van der Waals surface area contributed by atoms with Gasteiger partial charge in [-0.15, -0.1) is 0 Å². The summed E-state index contributed by atoms with van der Waals surface area (Å²) in [6.07, 6.45) is 0.692. The first-order valence-corrected chi connectivity index (χ1v) is 7.30. The van der Waals surface area contributed by atoms with Crippen LogP contribution >= 0.6 is 0 Å². The smallest absolute Gasteiger partial charge is 0.303 e. The van der Waals surface area contributed by atoms with E-state index in [9.17, 15) is 9.59 Å². The average Bonchev–Trinajstić information content (AvgIpc) is 2.97. The first-order valence-electron chi connectivity index (χ1n) is 7.30. The first-order chi connectivity index (χ1) is 10.6. The summed E-state index contributed by atoms with van der Waals surface area (Å²) < 4.78 is 1.82. The van der Waals surface area contributed by atoms with E-state index in [1.807, 2.05) is 41.1 Å². The van der Waals surface area contributed by atoms with E-state index in [0.717, 1.165) is 30.0 Å². The van der Waals surface area contributed by atoms with Crippen molar-refractivity contribution in [1.29, 1.82) is 0 Å². The average molecular weight is 299 g/mol. The van der Waals surface area contributed by atoms with E-state index < -0.39 is 5.97 Å². The second-order valence-electron chi connectivity index (χ2n) is 5.27. The molecule has 0 radical (unpaired) electrons. The normalized spacial score (nSPS) is 13.7. The lowest BCUT2D eigenvalue weighted by atomic mass is 10.1. The molecule has 6 heteroatoms. The molecule has 1 aromatic carbocycles. The van der Waals surface area contributed by atoms with Crippen molar-refractivity contribution in [2.24, 2.45) is 0 Å². The Kier molecular flexibility index (Phi) is 3.91. The number of hydrogen-bond acceptors (Lipinski definition) is 3. The highest BCUT2D eigenvalue weighted by Gasteiger charge is 2.25. The van der Waals surface area contributed by atoms with Crippen LogP contribution in [0, 0.1) is 0 Å². The third kappa shape index (κ3) is 2.86. The van der Waals surface area contributed by atoms with E-state index in [4.69, 9.17) is 5.11 Å². The van der Waals surface area contributed by atoms with E-state index in [1.54, 1.807) is 4.90 Å². The van der Waals surface area contributed by atoms with E-state index in [0.29, 0.717) is 6.54 Å². The molecule has 114 valence electrons. The number of aliphatic carboxylic acids is 1. The van der Waals surface area contributed by atoms with Crippen LogP contribution in [0.5, 0.6) is 0 Å². The van der Waals surface area contributed by atoms with Crippen LogP contribution in [-0.4, -0.2) is 33.3 Å². The van der Waals surface area contributed by atoms with Crippen LogP contribution in [0.25, 0.3) is 11.3 Å². The van der Waals surface area contributed by atoms with Crippen LogP contribution in [0.4, 0.5) is 5.82 Å². The summed E-state index contributed by atoms with van der Waals surface area (Å²) in [7, 11) is 0. The highest BCUT2D eigenvalue weighted by molar-refractivity contribution is 5.94. The van der Waals surface area contributed by atoms with Crippen molar-refractivity contribution in [3.63, 3.8) is 0 Å². The molecule has 0 saturated heterocycles. The number of carbonyl (C=O) groups excluding carboxylic acids is 1. The van der Waals surface area contributed by atoms with Crippen molar-refractivity contribution >= 4 is 17.7 Å². The van der Waals surface area contributed by atoms with Gasteiger partial charge in [-0.1, -0.05) is 30.3 Å². The molecule has 0 spiro atoms. The molecule has 3 rings (SSSR count). The van der Waals surface area contributed by atoms with Crippen LogP contribution in [0.15, 0.2) is 36.4 Å². The molecule has 0 aliphatic carbocycles. The molecule has 1 aromatic heterocycles. The number of amides is 1. The Bertz CT molecular complexity index is 694. The number of fused-ring (bicyclic) bond motifs is 1. The first kappa shape index (κ1) is 14.3. The molecule has 2 heterocycles. The van der Waals surface area contributed by atoms with Gasteiger partial charge in [0.05, 0.1) is 12.1 Å². The van der Waals surface area contributed by atoms with E-state index >= 15 is 0 Å². The van der Waals surface area contributed by atoms with Gasteiger partial charge in [-0.3, -0.25) is 14.5 Å². The standard InChI is InChI=1S/C16H17N3O3/c20-15(7-8-16(21)22)18-9-4-10-19-14(18)11-13(17-19)12-5-2-1-3-6-12/h1-3,5-6,11H,4,7-10H2,(H,21,22). The van der Waals surface area contributed by atoms with Crippen LogP contribution in [-0.2, 0) is 16.1 Å². The molecule has 0 unspecified atom stereocenters. The topological polar surface area (TPSA) is 75.4 Å². The number of carbonyl (C=O) groups is 2. The maximum absolute atomic E-state index is 12.2. The molecule has 6 nitrogen and oxygen atoms in total. The number of hydrogen-bond donors (Lipinski definition) is 1. The predicted octanol–water partition coefficient (Wildman–Crippen LogP) is 2.15. The highest BCUT2D eigenvalue weighted by atomic mass is 16.4. The van der Waals surface area contributed by atoms with Crippen molar-refractivity contribution in [1.82, 2.24) is 9.78 Å². The Balaban J connectivity index is 1.85. The van der Waals surface area contributed by atoms with E-state index in [-0.39, 0.29) is 18.7 Å². The molecule has 1 N–H and O–H groups in total. The summed E-state index contributed by atoms with van der Waals surface area (Å²) >= 11 is 0. The maximum Gasteiger partial charge on any atom is 0.303 e. The lowest BCUT2D eigenvalue weighted by molar-refractivity contribution is -0.138. The number of nitrogens with zero attached hydrogens (tertiary/aromatic N) is 3. The molecular formula is C16H17N3O3. The van der Waals surface area contributed by atoms with Gasteiger partial charge in [-0.05, 0) is 6.42 Å². The molecule has 0 bridgehead atoms. The lowest BCUT2D eigenvalue weighted by Gasteiger charge is -2.27. The number of benzene rings is 1. The number of aromatic nitrogens is 2. The van der Waals surface area contributed by atoms with Crippen molar-refractivity contribution in [3.8, 4) is 11.3 Å². The Labute approximate surface area is 128 Å². The molecule has 0 atom stereocenters. The zero-order valence-corrected chi connectivity index (χ0v) is 12.1. The van der Waals surface area contributed by atoms with Gasteiger partial charge >= 0.3 is 5.97 Å². The second-order valence-corrected chi connectivity index (χ2v) is 5.27. The van der Waals surface area contributed by atoms with Crippen molar-refractivity contribution in [3.05, 3.63) is 36.4 Å². The fourth-order valence-corrected chi connectivity index (χ4v) is 2.63. The van der Waals surface area contributed by atoms with Gasteiger partial charge < -0.3 is 5.11 Å². The monoisotopic (exact) mass is 299 g/mol. The Morgan fingerprint density at radius 3 is 2.64 bits per heavy atom. The summed E-state index contributed by atoms with van der Waals surface area (Å²) in [6.45, 7) is 1.38. The summed E-state index contributed by atoms with van der Waals surface area (Å²) in [5.41, 5.74) is 1.83. The van der Waals surface area contributed by atoms with E-state index in [1.165, 1.54) is 0 Å². The summed E-state index contributed by atoms with van der Waals surface area (Å²) in [6, 6.07) is 11.7. The number of carboxylic acids is 1. The molecular weight excluding hydrogens is 282 g/mol. The molecule has 2 aromatic rings. The SMILES string of the molecule is O=C(O)CCC(=O)N1CCCn2nc(-c3ccccc3)cc21. The Morgan fingerprint density at radius 2 is 1.91 bits per heavy atom. The Morgan fingerprint density at radius 1 is 1.14 bits per heavy atom. The zero-order valence-electron chi connectivity index (χ0n) is 12.1. The third-order valence-corrected chi connectivity index (χ3v) is 3.71. The minimum atomic E-state index is -0.955. The van der Waals surface area contributed by atoms with Crippen LogP contribution in [0.1, 0.15) is 19.3 Å². The number of anilines is 1. The highest BCUT2D eigenvalue weighted by Crippen LogP contribution is 2.27. The van der Waals surface area contributed by atoms with Crippen LogP contribution in [0.2, 0.25) is 0 Å². The van der Waals surface area contributed by atoms with Crippen molar-refractivity contribution in [2.45, 2.75) is 25.8 Å². The minimum Gasteiger partial charge on any atom is -0.481 e. The molecule has 1 aliphatic heterocycles. The Hall–Kier alpha value is -2.63. The van der Waals surface area contributed by atoms with Gasteiger partial charge in [0, 0.05) is 31.1 Å². The summed E-state index contributed by atoms with van der Waals surface area (Å²) in [4.78, 5) is 24.5. The predicted molar refractivity (Wildman–Crippen MR) is 81.5 cm³/mol. The molecule has 0 fully saturated rings. The van der Waals surface area contributed by atoms with Gasteiger partial charge in [0.2, 0.25) is 5.91 Å². The number of aryl methyl sites for hydroxylation is 1. The van der Waals surface area contributed by atoms with Gasteiger partial charge in [0.25, 0.3) is 0 Å². The van der Waals surface area contributed by atoms with Crippen molar-refractivity contribution in [2.75, 3.05) is 11.4 Å². The van der Waals surface area contributed by atoms with Gasteiger partial charge in [0.1, 0.15) is 5.82 Å².